The molecule has 2 heterocycles. The summed E-state index contributed by atoms with van der Waals surface area (Å²) in [5.74, 6) is 0. The van der Waals surface area contributed by atoms with E-state index in [4.69, 9.17) is 0 Å². The summed E-state index contributed by atoms with van der Waals surface area (Å²) in [6.45, 7) is 2.88. The minimum Gasteiger partial charge on any atom is -0.390 e. The van der Waals surface area contributed by atoms with E-state index in [-0.39, 0.29) is 12.6 Å². The Kier molecular flexibility index (Phi) is 4.50. The van der Waals surface area contributed by atoms with Gasteiger partial charge in [0.15, 0.2) is 0 Å². The monoisotopic (exact) mass is 266 g/mol. The third kappa shape index (κ3) is 3.83. The molecule has 2 atom stereocenters. The molecule has 3 nitrogen and oxygen atoms in total. The number of piperidine rings is 1. The number of aliphatic hydroxyl groups excluding tert-OH is 1. The minimum absolute atomic E-state index is 0.00486. The van der Waals surface area contributed by atoms with Gasteiger partial charge in [0.2, 0.25) is 0 Å². The first kappa shape index (κ1) is 14.1. The highest BCUT2D eigenvalue weighted by molar-refractivity contribution is 4.91. The molecule has 0 bridgehead atoms. The lowest BCUT2D eigenvalue weighted by atomic mass is 10.1. The molecule has 2 fully saturated rings. The Balaban J connectivity index is 1.80. The van der Waals surface area contributed by atoms with Gasteiger partial charge >= 0.3 is 6.18 Å². The molecule has 1 N–H and O–H groups in total. The maximum absolute atomic E-state index is 12.2. The van der Waals surface area contributed by atoms with Gasteiger partial charge in [0.05, 0.1) is 12.5 Å². The molecule has 2 saturated heterocycles. The highest BCUT2D eigenvalue weighted by Crippen LogP contribution is 2.24. The highest BCUT2D eigenvalue weighted by Gasteiger charge is 2.37. The second-order valence-corrected chi connectivity index (χ2v) is 5.36. The van der Waals surface area contributed by atoms with Gasteiger partial charge in [-0.1, -0.05) is 6.42 Å². The minimum atomic E-state index is -4.10. The molecule has 2 aliphatic rings. The van der Waals surface area contributed by atoms with E-state index in [1.807, 2.05) is 0 Å². The number of hydrogen-bond acceptors (Lipinski definition) is 3. The van der Waals surface area contributed by atoms with Crippen molar-refractivity contribution >= 4 is 0 Å². The van der Waals surface area contributed by atoms with Gasteiger partial charge in [0, 0.05) is 25.7 Å². The van der Waals surface area contributed by atoms with Gasteiger partial charge in [0.1, 0.15) is 0 Å². The normalized spacial score (nSPS) is 32.0. The van der Waals surface area contributed by atoms with Crippen LogP contribution in [-0.2, 0) is 0 Å². The zero-order chi connectivity index (χ0) is 13.2. The van der Waals surface area contributed by atoms with Crippen LogP contribution in [0.15, 0.2) is 0 Å². The number of aliphatic hydroxyl groups is 1. The fraction of sp³-hybridized carbons (Fsp3) is 1.00. The fourth-order valence-electron chi connectivity index (χ4n) is 2.92. The fourth-order valence-corrected chi connectivity index (χ4v) is 2.92. The highest BCUT2D eigenvalue weighted by atomic mass is 19.4. The number of rotatable bonds is 3. The Morgan fingerprint density at radius 1 is 1.06 bits per heavy atom. The topological polar surface area (TPSA) is 26.7 Å². The van der Waals surface area contributed by atoms with Crippen molar-refractivity contribution in [2.75, 3.05) is 32.7 Å². The summed E-state index contributed by atoms with van der Waals surface area (Å²) in [6.07, 6.45) is -1.91. The molecule has 2 rings (SSSR count). The second kappa shape index (κ2) is 5.75. The van der Waals surface area contributed by atoms with Crippen LogP contribution in [0, 0.1) is 0 Å². The Labute approximate surface area is 106 Å². The number of halogens is 3. The summed E-state index contributed by atoms with van der Waals surface area (Å²) in [7, 11) is 0. The van der Waals surface area contributed by atoms with E-state index in [9.17, 15) is 18.3 Å². The Hall–Kier alpha value is -0.330. The number of alkyl halides is 3. The number of nitrogens with zero attached hydrogens (tertiary/aromatic N) is 2. The molecule has 0 radical (unpaired) electrons. The Bertz CT molecular complexity index is 267. The predicted molar refractivity (Wildman–Crippen MR) is 62.3 cm³/mol. The average Bonchev–Trinajstić information content (AvgIpc) is 2.68. The van der Waals surface area contributed by atoms with Crippen molar-refractivity contribution < 1.29 is 18.3 Å². The van der Waals surface area contributed by atoms with Crippen LogP contribution in [0.3, 0.4) is 0 Å². The van der Waals surface area contributed by atoms with Gasteiger partial charge < -0.3 is 5.11 Å². The molecule has 0 aliphatic carbocycles. The Morgan fingerprint density at radius 2 is 1.72 bits per heavy atom. The third-order valence-corrected chi connectivity index (χ3v) is 3.91. The molecule has 18 heavy (non-hydrogen) atoms. The molecule has 6 heteroatoms. The summed E-state index contributed by atoms with van der Waals surface area (Å²) in [4.78, 5) is 3.97. The van der Waals surface area contributed by atoms with Crippen LogP contribution in [0.4, 0.5) is 13.2 Å². The first-order chi connectivity index (χ1) is 8.46. The van der Waals surface area contributed by atoms with Crippen LogP contribution in [0.1, 0.15) is 25.7 Å². The maximum Gasteiger partial charge on any atom is 0.390 e. The van der Waals surface area contributed by atoms with E-state index in [0.717, 1.165) is 25.9 Å². The predicted octanol–water partition coefficient (Wildman–Crippen LogP) is 1.47. The third-order valence-electron chi connectivity index (χ3n) is 3.91. The molecule has 0 aromatic rings. The van der Waals surface area contributed by atoms with E-state index in [0.29, 0.717) is 13.1 Å². The first-order valence-electron chi connectivity index (χ1n) is 6.67. The van der Waals surface area contributed by atoms with Crippen molar-refractivity contribution in [3.63, 3.8) is 0 Å². The molecule has 0 spiro atoms. The molecule has 0 saturated carbocycles. The zero-order valence-electron chi connectivity index (χ0n) is 10.5. The first-order valence-corrected chi connectivity index (χ1v) is 6.67. The average molecular weight is 266 g/mol. The van der Waals surface area contributed by atoms with Crippen LogP contribution in [0.5, 0.6) is 0 Å². The molecule has 0 aromatic heterocycles. The summed E-state index contributed by atoms with van der Waals surface area (Å²) in [5, 5.41) is 9.98. The van der Waals surface area contributed by atoms with Crippen LogP contribution in [-0.4, -0.2) is 66.0 Å². The van der Waals surface area contributed by atoms with Gasteiger partial charge in [-0.3, -0.25) is 9.80 Å². The summed E-state index contributed by atoms with van der Waals surface area (Å²) in [5.41, 5.74) is 0. The van der Waals surface area contributed by atoms with Crippen molar-refractivity contribution in [2.24, 2.45) is 0 Å². The molecular weight excluding hydrogens is 245 g/mol. The van der Waals surface area contributed by atoms with Crippen molar-refractivity contribution in [3.05, 3.63) is 0 Å². The smallest absolute Gasteiger partial charge is 0.390 e. The van der Waals surface area contributed by atoms with Crippen LogP contribution in [0.2, 0.25) is 0 Å². The largest absolute Gasteiger partial charge is 0.390 e. The summed E-state index contributed by atoms with van der Waals surface area (Å²) in [6, 6.07) is 0.0264. The standard InChI is InChI=1S/C12H21F3N2O/c13-12(14,15)4-7-16-8-10(11(18)9-16)17-5-2-1-3-6-17/h10-11,18H,1-9H2/t10-,11-/m0/s1. The second-order valence-electron chi connectivity index (χ2n) is 5.36. The van der Waals surface area contributed by atoms with Crippen molar-refractivity contribution in [1.29, 1.82) is 0 Å². The lowest BCUT2D eigenvalue weighted by Gasteiger charge is -2.33. The van der Waals surface area contributed by atoms with E-state index >= 15 is 0 Å². The lowest BCUT2D eigenvalue weighted by molar-refractivity contribution is -0.137. The van der Waals surface area contributed by atoms with Crippen LogP contribution in [0.25, 0.3) is 0 Å². The quantitative estimate of drug-likeness (QED) is 0.838. The molecule has 106 valence electrons. The Morgan fingerprint density at radius 3 is 2.33 bits per heavy atom. The molecular formula is C12H21F3N2O. The van der Waals surface area contributed by atoms with Crippen molar-refractivity contribution in [1.82, 2.24) is 9.80 Å². The number of likely N-dealkylation sites (tertiary alicyclic amines) is 2. The SMILES string of the molecule is O[C@H]1CN(CCC(F)(F)F)C[C@@H]1N1CCCCC1. The van der Waals surface area contributed by atoms with E-state index in [2.05, 4.69) is 4.90 Å². The lowest BCUT2D eigenvalue weighted by Crippen LogP contribution is -2.45. The van der Waals surface area contributed by atoms with Gasteiger partial charge in [-0.15, -0.1) is 0 Å². The molecule has 0 aromatic carbocycles. The van der Waals surface area contributed by atoms with E-state index in [1.165, 1.54) is 6.42 Å². The maximum atomic E-state index is 12.2. The van der Waals surface area contributed by atoms with Gasteiger partial charge in [0.25, 0.3) is 0 Å². The number of hydrogen-bond donors (Lipinski definition) is 1. The van der Waals surface area contributed by atoms with Crippen molar-refractivity contribution in [3.8, 4) is 0 Å². The van der Waals surface area contributed by atoms with Gasteiger partial charge in [-0.05, 0) is 25.9 Å². The molecule has 0 amide bonds. The van der Waals surface area contributed by atoms with Crippen LogP contribution < -0.4 is 0 Å². The number of β-amino-alcohol motifs (C(OH)–C–C–N with tert-alkyl or cyclic N) is 1. The zero-order valence-corrected chi connectivity index (χ0v) is 10.5. The van der Waals surface area contributed by atoms with Crippen LogP contribution >= 0.6 is 0 Å². The molecule has 2 aliphatic heterocycles. The van der Waals surface area contributed by atoms with E-state index in [1.54, 1.807) is 4.90 Å². The van der Waals surface area contributed by atoms with E-state index < -0.39 is 18.7 Å². The molecule has 0 unspecified atom stereocenters. The summed E-state index contributed by atoms with van der Waals surface area (Å²) >= 11 is 0. The van der Waals surface area contributed by atoms with Gasteiger partial charge in [-0.25, -0.2) is 0 Å². The van der Waals surface area contributed by atoms with Gasteiger partial charge in [-0.2, -0.15) is 13.2 Å². The summed E-state index contributed by atoms with van der Waals surface area (Å²) < 4.78 is 36.5. The van der Waals surface area contributed by atoms with Crippen molar-refractivity contribution in [2.45, 2.75) is 44.0 Å².